The van der Waals surface area contributed by atoms with Crippen LogP contribution in [0.15, 0.2) is 24.3 Å². The van der Waals surface area contributed by atoms with E-state index in [-0.39, 0.29) is 0 Å². The summed E-state index contributed by atoms with van der Waals surface area (Å²) in [4.78, 5) is 19.7. The Morgan fingerprint density at radius 2 is 1.73 bits per heavy atom. The second-order valence-electron chi connectivity index (χ2n) is 3.52. The van der Waals surface area contributed by atoms with Crippen LogP contribution in [0.25, 0.3) is 0 Å². The minimum Gasteiger partial charge on any atom is -0.378 e. The zero-order chi connectivity index (χ0) is 11.6. The number of rotatable bonds is 3. The third-order valence-electron chi connectivity index (χ3n) is 2.11. The molecule has 0 heterocycles. The van der Waals surface area contributed by atoms with Gasteiger partial charge in [0, 0.05) is 19.8 Å². The Kier molecular flexibility index (Phi) is 3.52. The van der Waals surface area contributed by atoms with Crippen molar-refractivity contribution >= 4 is 13.3 Å². The molecule has 0 saturated heterocycles. The molecule has 5 nitrogen and oxygen atoms in total. The van der Waals surface area contributed by atoms with Gasteiger partial charge < -0.3 is 20.4 Å². The predicted octanol–water partition coefficient (Wildman–Crippen LogP) is 0.888. The molecule has 15 heavy (non-hydrogen) atoms. The highest BCUT2D eigenvalue weighted by Crippen LogP contribution is 2.48. The summed E-state index contributed by atoms with van der Waals surface area (Å²) in [5, 5.41) is 0. The quantitative estimate of drug-likeness (QED) is 0.671. The van der Waals surface area contributed by atoms with Crippen LogP contribution in [0.5, 0.6) is 0 Å². The van der Waals surface area contributed by atoms with E-state index >= 15 is 0 Å². The number of hydrogen-bond donors (Lipinski definition) is 3. The lowest BCUT2D eigenvalue weighted by molar-refractivity contribution is 0.359. The molecule has 0 radical (unpaired) electrons. The maximum Gasteiger partial charge on any atom is 0.346 e. The maximum atomic E-state index is 10.9. The van der Waals surface area contributed by atoms with Crippen molar-refractivity contribution < 1.29 is 14.4 Å². The molecule has 1 aromatic carbocycles. The van der Waals surface area contributed by atoms with E-state index in [0.717, 1.165) is 5.69 Å². The van der Waals surface area contributed by atoms with Gasteiger partial charge in [0.05, 0.1) is 0 Å². The Hall–Kier alpha value is -0.870. The SMILES string of the molecule is CN(C)c1ccc([C@@H](N)P(=O)(O)O)cc1. The molecule has 0 spiro atoms. The summed E-state index contributed by atoms with van der Waals surface area (Å²) in [6, 6.07) is 6.79. The van der Waals surface area contributed by atoms with Crippen LogP contribution in [0.3, 0.4) is 0 Å². The van der Waals surface area contributed by atoms with E-state index in [1.807, 2.05) is 19.0 Å². The van der Waals surface area contributed by atoms with Crippen LogP contribution in [0.1, 0.15) is 11.3 Å². The van der Waals surface area contributed by atoms with Gasteiger partial charge in [0.15, 0.2) is 0 Å². The van der Waals surface area contributed by atoms with Gasteiger partial charge in [-0.1, -0.05) is 12.1 Å². The molecule has 0 saturated carbocycles. The van der Waals surface area contributed by atoms with Crippen molar-refractivity contribution in [1.82, 2.24) is 0 Å². The standard InChI is InChI=1S/C9H15N2O3P/c1-11(2)8-5-3-7(4-6-8)9(10)15(12,13)14/h3-6,9H,10H2,1-2H3,(H2,12,13,14)/t9-/m0/s1. The van der Waals surface area contributed by atoms with Gasteiger partial charge in [-0.2, -0.15) is 0 Å². The Bertz CT molecular complexity index is 371. The maximum absolute atomic E-state index is 10.9. The van der Waals surface area contributed by atoms with Crippen molar-refractivity contribution in [3.05, 3.63) is 29.8 Å². The molecule has 1 rings (SSSR count). The van der Waals surface area contributed by atoms with E-state index in [2.05, 4.69) is 0 Å². The molecule has 4 N–H and O–H groups in total. The zero-order valence-corrected chi connectivity index (χ0v) is 9.56. The van der Waals surface area contributed by atoms with Gasteiger partial charge in [0.2, 0.25) is 0 Å². The van der Waals surface area contributed by atoms with Crippen LogP contribution in [0, 0.1) is 0 Å². The second kappa shape index (κ2) is 4.33. The molecule has 0 aliphatic heterocycles. The predicted molar refractivity (Wildman–Crippen MR) is 59.7 cm³/mol. The summed E-state index contributed by atoms with van der Waals surface area (Å²) in [5.74, 6) is -1.24. The van der Waals surface area contributed by atoms with E-state index in [4.69, 9.17) is 15.5 Å². The van der Waals surface area contributed by atoms with Crippen molar-refractivity contribution in [2.24, 2.45) is 5.73 Å². The fourth-order valence-corrected chi connectivity index (χ4v) is 1.72. The Morgan fingerprint density at radius 3 is 2.07 bits per heavy atom. The van der Waals surface area contributed by atoms with Gasteiger partial charge in [0.1, 0.15) is 5.78 Å². The van der Waals surface area contributed by atoms with Crippen LogP contribution in [0.4, 0.5) is 5.69 Å². The summed E-state index contributed by atoms with van der Waals surface area (Å²) < 4.78 is 10.9. The Balaban J connectivity index is 2.94. The topological polar surface area (TPSA) is 86.8 Å². The largest absolute Gasteiger partial charge is 0.378 e. The third-order valence-corrected chi connectivity index (χ3v) is 3.14. The minimum absolute atomic E-state index is 0.439. The lowest BCUT2D eigenvalue weighted by atomic mass is 10.2. The van der Waals surface area contributed by atoms with E-state index in [9.17, 15) is 4.57 Å². The molecule has 0 amide bonds. The van der Waals surface area contributed by atoms with E-state index in [1.165, 1.54) is 0 Å². The molecule has 1 atom stereocenters. The average molecular weight is 230 g/mol. The van der Waals surface area contributed by atoms with Crippen LogP contribution < -0.4 is 10.6 Å². The number of benzene rings is 1. The van der Waals surface area contributed by atoms with Gasteiger partial charge in [0.25, 0.3) is 0 Å². The molecular formula is C9H15N2O3P. The molecule has 0 aromatic heterocycles. The minimum atomic E-state index is -4.25. The fourth-order valence-electron chi connectivity index (χ4n) is 1.16. The summed E-state index contributed by atoms with van der Waals surface area (Å²) in [6.07, 6.45) is 0. The normalized spacial score (nSPS) is 13.7. The third kappa shape index (κ3) is 3.04. The molecule has 6 heteroatoms. The lowest BCUT2D eigenvalue weighted by Gasteiger charge is -2.16. The van der Waals surface area contributed by atoms with E-state index in [0.29, 0.717) is 5.56 Å². The monoisotopic (exact) mass is 230 g/mol. The number of hydrogen-bond acceptors (Lipinski definition) is 3. The van der Waals surface area contributed by atoms with Crippen molar-refractivity contribution in [2.75, 3.05) is 19.0 Å². The van der Waals surface area contributed by atoms with Gasteiger partial charge >= 0.3 is 7.60 Å². The van der Waals surface area contributed by atoms with Gasteiger partial charge in [-0.05, 0) is 17.7 Å². The Labute approximate surface area is 88.7 Å². The van der Waals surface area contributed by atoms with Crippen LogP contribution in [-0.4, -0.2) is 23.9 Å². The molecule has 1 aromatic rings. The fraction of sp³-hybridized carbons (Fsp3) is 0.333. The van der Waals surface area contributed by atoms with E-state index in [1.54, 1.807) is 24.3 Å². The molecule has 0 unspecified atom stereocenters. The highest BCUT2D eigenvalue weighted by atomic mass is 31.2. The summed E-state index contributed by atoms with van der Waals surface area (Å²) in [7, 11) is -0.480. The van der Waals surface area contributed by atoms with Gasteiger partial charge in [-0.25, -0.2) is 0 Å². The number of anilines is 1. The van der Waals surface area contributed by atoms with Gasteiger partial charge in [-0.3, -0.25) is 4.57 Å². The second-order valence-corrected chi connectivity index (χ2v) is 5.25. The molecule has 0 aliphatic rings. The highest BCUT2D eigenvalue weighted by Gasteiger charge is 2.25. The van der Waals surface area contributed by atoms with Crippen molar-refractivity contribution in [1.29, 1.82) is 0 Å². The first-order chi connectivity index (χ1) is 6.82. The zero-order valence-electron chi connectivity index (χ0n) is 8.66. The average Bonchev–Trinajstić information content (AvgIpc) is 2.15. The summed E-state index contributed by atoms with van der Waals surface area (Å²) in [6.45, 7) is 0. The molecule has 0 fully saturated rings. The highest BCUT2D eigenvalue weighted by molar-refractivity contribution is 7.52. The molecule has 0 bridgehead atoms. The van der Waals surface area contributed by atoms with E-state index < -0.39 is 13.4 Å². The summed E-state index contributed by atoms with van der Waals surface area (Å²) in [5.41, 5.74) is 6.82. The number of nitrogens with two attached hydrogens (primary N) is 1. The van der Waals surface area contributed by atoms with Crippen molar-refractivity contribution in [3.8, 4) is 0 Å². The summed E-state index contributed by atoms with van der Waals surface area (Å²) >= 11 is 0. The number of nitrogens with zero attached hydrogens (tertiary/aromatic N) is 1. The molecule has 0 aliphatic carbocycles. The molecule has 84 valence electrons. The first-order valence-corrected chi connectivity index (χ1v) is 6.08. The smallest absolute Gasteiger partial charge is 0.346 e. The first-order valence-electron chi connectivity index (χ1n) is 4.40. The lowest BCUT2D eigenvalue weighted by Crippen LogP contribution is -2.12. The van der Waals surface area contributed by atoms with Gasteiger partial charge in [-0.15, -0.1) is 0 Å². The van der Waals surface area contributed by atoms with Crippen molar-refractivity contribution in [3.63, 3.8) is 0 Å². The molecular weight excluding hydrogens is 215 g/mol. The van der Waals surface area contributed by atoms with Crippen LogP contribution in [-0.2, 0) is 4.57 Å². The first kappa shape index (κ1) is 12.2. The Morgan fingerprint density at radius 1 is 1.27 bits per heavy atom. The van der Waals surface area contributed by atoms with Crippen molar-refractivity contribution in [2.45, 2.75) is 5.78 Å². The van der Waals surface area contributed by atoms with Crippen LogP contribution >= 0.6 is 7.60 Å². The van der Waals surface area contributed by atoms with Crippen LogP contribution in [0.2, 0.25) is 0 Å².